The number of nitriles is 1. The zero-order valence-electron chi connectivity index (χ0n) is 14.0. The largest absolute Gasteiger partial charge is 0.371 e. The third-order valence-electron chi connectivity index (χ3n) is 3.74. The van der Waals surface area contributed by atoms with Gasteiger partial charge in [0.25, 0.3) is 0 Å². The van der Waals surface area contributed by atoms with Crippen LogP contribution in [0.2, 0.25) is 5.02 Å². The normalized spacial score (nSPS) is 11.6. The van der Waals surface area contributed by atoms with Gasteiger partial charge in [0.05, 0.1) is 35.8 Å². The molecule has 0 saturated heterocycles. The first-order chi connectivity index (χ1) is 11.4. The maximum absolute atomic E-state index is 12.3. The second-order valence-corrected chi connectivity index (χ2v) is 6.01. The highest BCUT2D eigenvalue weighted by atomic mass is 35.5. The molecule has 24 heavy (non-hydrogen) atoms. The molecule has 2 rings (SSSR count). The second kappa shape index (κ2) is 7.84. The van der Waals surface area contributed by atoms with E-state index in [-0.39, 0.29) is 5.91 Å². The van der Waals surface area contributed by atoms with E-state index < -0.39 is 6.04 Å². The highest BCUT2D eigenvalue weighted by Crippen LogP contribution is 2.21. The van der Waals surface area contributed by atoms with Crippen molar-refractivity contribution in [1.29, 1.82) is 5.26 Å². The summed E-state index contributed by atoms with van der Waals surface area (Å²) < 4.78 is 1.77. The number of halogens is 1. The zero-order chi connectivity index (χ0) is 17.7. The number of hydrogen-bond acceptors (Lipinski definition) is 4. The van der Waals surface area contributed by atoms with Crippen LogP contribution in [0.4, 0.5) is 5.69 Å². The van der Waals surface area contributed by atoms with Gasteiger partial charge in [-0.1, -0.05) is 17.7 Å². The molecule has 2 aromatic rings. The summed E-state index contributed by atoms with van der Waals surface area (Å²) in [5.41, 5.74) is 2.53. The Balaban J connectivity index is 2.11. The van der Waals surface area contributed by atoms with Crippen LogP contribution in [0.5, 0.6) is 0 Å². The van der Waals surface area contributed by atoms with Crippen LogP contribution in [0.1, 0.15) is 19.0 Å². The Morgan fingerprint density at radius 2 is 2.29 bits per heavy atom. The number of aromatic nitrogens is 2. The van der Waals surface area contributed by atoms with Crippen LogP contribution in [0.3, 0.4) is 0 Å². The predicted molar refractivity (Wildman–Crippen MR) is 94.3 cm³/mol. The maximum Gasteiger partial charge on any atom is 0.244 e. The van der Waals surface area contributed by atoms with Crippen LogP contribution >= 0.6 is 11.6 Å². The minimum atomic E-state index is -0.413. The summed E-state index contributed by atoms with van der Waals surface area (Å²) in [6, 6.07) is 9.04. The number of amides is 1. The lowest BCUT2D eigenvalue weighted by atomic mass is 10.2. The topological polar surface area (TPSA) is 74.0 Å². The van der Waals surface area contributed by atoms with E-state index in [1.807, 2.05) is 31.2 Å². The van der Waals surface area contributed by atoms with E-state index in [1.54, 1.807) is 35.8 Å². The van der Waals surface area contributed by atoms with Crippen molar-refractivity contribution < 1.29 is 4.79 Å². The Bertz CT molecular complexity index is 765. The van der Waals surface area contributed by atoms with Crippen LogP contribution in [0.25, 0.3) is 5.69 Å². The first kappa shape index (κ1) is 17.8. The molecule has 0 fully saturated rings. The summed E-state index contributed by atoms with van der Waals surface area (Å²) in [5, 5.41) is 16.8. The van der Waals surface area contributed by atoms with Gasteiger partial charge in [-0.2, -0.15) is 10.4 Å². The molecule has 1 atom stereocenters. The number of anilines is 1. The lowest BCUT2D eigenvalue weighted by Gasteiger charge is -2.21. The van der Waals surface area contributed by atoms with Crippen molar-refractivity contribution in [3.05, 3.63) is 41.2 Å². The molecule has 0 aliphatic heterocycles. The van der Waals surface area contributed by atoms with E-state index >= 15 is 0 Å². The first-order valence-electron chi connectivity index (χ1n) is 7.63. The summed E-state index contributed by atoms with van der Waals surface area (Å²) >= 11 is 6.03. The molecule has 0 saturated carbocycles. The van der Waals surface area contributed by atoms with Crippen molar-refractivity contribution in [2.75, 3.05) is 18.9 Å². The number of carbonyl (C=O) groups excluding carboxylic acids is 1. The van der Waals surface area contributed by atoms with Gasteiger partial charge >= 0.3 is 0 Å². The Labute approximate surface area is 146 Å². The molecule has 1 N–H and O–H groups in total. The third-order valence-corrected chi connectivity index (χ3v) is 3.98. The van der Waals surface area contributed by atoms with E-state index in [0.717, 1.165) is 17.1 Å². The standard InChI is InChI=1S/C17H20ClN5O/c1-12(17(24)22(3)9-5-8-19)21-16-11-20-23(13(16)2)15-7-4-6-14(18)10-15/h4,6-7,10-12,21H,5,9H2,1-3H3/t12-/m0/s1. The maximum atomic E-state index is 12.3. The lowest BCUT2D eigenvalue weighted by Crippen LogP contribution is -2.39. The molecule has 126 valence electrons. The first-order valence-corrected chi connectivity index (χ1v) is 8.01. The van der Waals surface area contributed by atoms with E-state index in [9.17, 15) is 4.79 Å². The molecule has 0 aliphatic rings. The van der Waals surface area contributed by atoms with Gasteiger partial charge in [0.2, 0.25) is 5.91 Å². The molecule has 1 aromatic heterocycles. The van der Waals surface area contributed by atoms with Crippen molar-refractivity contribution in [1.82, 2.24) is 14.7 Å². The van der Waals surface area contributed by atoms with Crippen LogP contribution < -0.4 is 5.32 Å². The summed E-state index contributed by atoms with van der Waals surface area (Å²) in [6.07, 6.45) is 2.01. The van der Waals surface area contributed by atoms with Gasteiger partial charge in [-0.3, -0.25) is 4.79 Å². The number of nitrogens with zero attached hydrogens (tertiary/aromatic N) is 4. The molecule has 0 unspecified atom stereocenters. The average Bonchev–Trinajstić information content (AvgIpc) is 2.92. The molecule has 7 heteroatoms. The van der Waals surface area contributed by atoms with Gasteiger partial charge in [-0.15, -0.1) is 0 Å². The summed E-state index contributed by atoms with van der Waals surface area (Å²) in [4.78, 5) is 13.8. The monoisotopic (exact) mass is 345 g/mol. The average molecular weight is 346 g/mol. The Hall–Kier alpha value is -2.52. The fraction of sp³-hybridized carbons (Fsp3) is 0.353. The Morgan fingerprint density at radius 1 is 1.54 bits per heavy atom. The van der Waals surface area contributed by atoms with Crippen molar-refractivity contribution in [3.8, 4) is 11.8 Å². The van der Waals surface area contributed by atoms with Crippen LogP contribution in [-0.4, -0.2) is 40.2 Å². The van der Waals surface area contributed by atoms with Gasteiger partial charge in [0, 0.05) is 18.6 Å². The number of rotatable bonds is 6. The van der Waals surface area contributed by atoms with Gasteiger partial charge in [0.1, 0.15) is 6.04 Å². The molecule has 0 radical (unpaired) electrons. The summed E-state index contributed by atoms with van der Waals surface area (Å²) in [7, 11) is 1.69. The minimum absolute atomic E-state index is 0.0693. The highest BCUT2D eigenvalue weighted by Gasteiger charge is 2.19. The second-order valence-electron chi connectivity index (χ2n) is 5.57. The van der Waals surface area contributed by atoms with E-state index in [2.05, 4.69) is 10.4 Å². The molecule has 0 aliphatic carbocycles. The molecule has 6 nitrogen and oxygen atoms in total. The van der Waals surface area contributed by atoms with Crippen LogP contribution in [0.15, 0.2) is 30.5 Å². The number of carbonyl (C=O) groups is 1. The Kier molecular flexibility index (Phi) is 5.83. The lowest BCUT2D eigenvalue weighted by molar-refractivity contribution is -0.130. The molecular weight excluding hydrogens is 326 g/mol. The molecule has 0 spiro atoms. The van der Waals surface area contributed by atoms with E-state index in [4.69, 9.17) is 16.9 Å². The Morgan fingerprint density at radius 3 is 2.96 bits per heavy atom. The van der Waals surface area contributed by atoms with Gasteiger partial charge in [-0.25, -0.2) is 4.68 Å². The molecule has 0 bridgehead atoms. The number of nitrogens with one attached hydrogen (secondary N) is 1. The van der Waals surface area contributed by atoms with E-state index in [1.165, 1.54) is 0 Å². The number of likely N-dealkylation sites (N-methyl/N-ethyl adjacent to an activating group) is 1. The SMILES string of the molecule is Cc1c(N[C@@H](C)C(=O)N(C)CCC#N)cnn1-c1cccc(Cl)c1. The van der Waals surface area contributed by atoms with Gasteiger partial charge < -0.3 is 10.2 Å². The molecule has 1 heterocycles. The van der Waals surface area contributed by atoms with Crippen molar-refractivity contribution in [2.45, 2.75) is 26.3 Å². The molecule has 1 aromatic carbocycles. The highest BCUT2D eigenvalue weighted by molar-refractivity contribution is 6.30. The zero-order valence-corrected chi connectivity index (χ0v) is 14.7. The fourth-order valence-corrected chi connectivity index (χ4v) is 2.56. The smallest absolute Gasteiger partial charge is 0.244 e. The summed E-state index contributed by atoms with van der Waals surface area (Å²) in [5.74, 6) is -0.0693. The molecular formula is C17H20ClN5O. The van der Waals surface area contributed by atoms with Crippen LogP contribution in [-0.2, 0) is 4.79 Å². The number of hydrogen-bond donors (Lipinski definition) is 1. The van der Waals surface area contributed by atoms with E-state index in [0.29, 0.717) is 18.0 Å². The van der Waals surface area contributed by atoms with Crippen molar-refractivity contribution >= 4 is 23.2 Å². The number of benzene rings is 1. The fourth-order valence-electron chi connectivity index (χ4n) is 2.37. The van der Waals surface area contributed by atoms with Gasteiger partial charge in [0.15, 0.2) is 0 Å². The van der Waals surface area contributed by atoms with Crippen molar-refractivity contribution in [3.63, 3.8) is 0 Å². The molecule has 1 amide bonds. The minimum Gasteiger partial charge on any atom is -0.371 e. The summed E-state index contributed by atoms with van der Waals surface area (Å²) in [6.45, 7) is 4.14. The van der Waals surface area contributed by atoms with Crippen LogP contribution in [0, 0.1) is 18.3 Å². The predicted octanol–water partition coefficient (Wildman–Crippen LogP) is 3.01. The van der Waals surface area contributed by atoms with Gasteiger partial charge in [-0.05, 0) is 32.0 Å². The van der Waals surface area contributed by atoms with Crippen molar-refractivity contribution in [2.24, 2.45) is 0 Å². The quantitative estimate of drug-likeness (QED) is 0.873. The third kappa shape index (κ3) is 4.06.